The molecule has 0 radical (unpaired) electrons. The fourth-order valence-corrected chi connectivity index (χ4v) is 3.43. The molecular formula is C18H16N4O2S2. The first-order chi connectivity index (χ1) is 12.5. The van der Waals surface area contributed by atoms with Gasteiger partial charge in [0.15, 0.2) is 4.32 Å². The topological polar surface area (TPSA) is 65.5 Å². The molecule has 0 spiro atoms. The van der Waals surface area contributed by atoms with Crippen molar-refractivity contribution in [3.05, 3.63) is 64.8 Å². The molecule has 0 unspecified atom stereocenters. The maximum Gasteiger partial charge on any atom is 0.285 e. The predicted octanol–water partition coefficient (Wildman–Crippen LogP) is 2.69. The number of aromatic nitrogens is 1. The number of nitrogens with zero attached hydrogens (tertiary/aromatic N) is 3. The van der Waals surface area contributed by atoms with E-state index in [2.05, 4.69) is 10.4 Å². The fraction of sp³-hybridized carbons (Fsp3) is 0.111. The Morgan fingerprint density at radius 2 is 1.85 bits per heavy atom. The van der Waals surface area contributed by atoms with E-state index < -0.39 is 5.91 Å². The van der Waals surface area contributed by atoms with Crippen molar-refractivity contribution >= 4 is 51.9 Å². The molecule has 1 aromatic heterocycles. The van der Waals surface area contributed by atoms with E-state index in [0.717, 1.165) is 28.0 Å². The molecule has 0 saturated carbocycles. The summed E-state index contributed by atoms with van der Waals surface area (Å²) in [6, 6.07) is 10.9. The van der Waals surface area contributed by atoms with Gasteiger partial charge in [0.25, 0.3) is 11.8 Å². The summed E-state index contributed by atoms with van der Waals surface area (Å²) in [5.41, 5.74) is 4.90. The molecule has 0 atom stereocenters. The Morgan fingerprint density at radius 3 is 2.46 bits per heavy atom. The van der Waals surface area contributed by atoms with Crippen LogP contribution < -0.4 is 10.3 Å². The summed E-state index contributed by atoms with van der Waals surface area (Å²) in [5, 5.41) is 1.10. The Balaban J connectivity index is 1.75. The van der Waals surface area contributed by atoms with Crippen molar-refractivity contribution in [3.8, 4) is 0 Å². The van der Waals surface area contributed by atoms with Gasteiger partial charge in [-0.25, -0.2) is 0 Å². The van der Waals surface area contributed by atoms with Crippen molar-refractivity contribution in [2.24, 2.45) is 0 Å². The van der Waals surface area contributed by atoms with Gasteiger partial charge in [-0.1, -0.05) is 23.9 Å². The van der Waals surface area contributed by atoms with Crippen LogP contribution in [0.5, 0.6) is 0 Å². The SMILES string of the molecule is CN(C)c1ccc(/C=C2/SC(=S)N(NC(=O)c3ccncc3)C2=O)cc1. The van der Waals surface area contributed by atoms with Crippen molar-refractivity contribution in [3.63, 3.8) is 0 Å². The number of pyridine rings is 1. The Bertz CT molecular complexity index is 880. The molecule has 8 heteroatoms. The highest BCUT2D eigenvalue weighted by atomic mass is 32.2. The van der Waals surface area contributed by atoms with E-state index in [9.17, 15) is 9.59 Å². The number of nitrogens with one attached hydrogen (secondary N) is 1. The first-order valence-electron chi connectivity index (χ1n) is 7.72. The average molecular weight is 384 g/mol. The van der Waals surface area contributed by atoms with E-state index >= 15 is 0 Å². The van der Waals surface area contributed by atoms with Crippen LogP contribution in [0, 0.1) is 0 Å². The molecule has 2 aromatic rings. The van der Waals surface area contributed by atoms with Gasteiger partial charge < -0.3 is 4.90 Å². The number of thiocarbonyl (C=S) groups is 1. The molecule has 3 rings (SSSR count). The van der Waals surface area contributed by atoms with Crippen LogP contribution in [0.2, 0.25) is 0 Å². The molecule has 1 aromatic carbocycles. The normalized spacial score (nSPS) is 15.5. The van der Waals surface area contributed by atoms with Gasteiger partial charge in [0.2, 0.25) is 0 Å². The van der Waals surface area contributed by atoms with Crippen molar-refractivity contribution in [1.82, 2.24) is 15.4 Å². The summed E-state index contributed by atoms with van der Waals surface area (Å²) in [5.74, 6) is -0.764. The Labute approximate surface area is 160 Å². The molecule has 2 amide bonds. The van der Waals surface area contributed by atoms with E-state index in [4.69, 9.17) is 12.2 Å². The minimum atomic E-state index is -0.416. The summed E-state index contributed by atoms with van der Waals surface area (Å²) in [7, 11) is 3.93. The average Bonchev–Trinajstić information content (AvgIpc) is 2.90. The zero-order valence-corrected chi connectivity index (χ0v) is 15.8. The first kappa shape index (κ1) is 18.1. The minimum absolute atomic E-state index is 0.286. The van der Waals surface area contributed by atoms with Gasteiger partial charge in [0.05, 0.1) is 4.91 Å². The van der Waals surface area contributed by atoms with Crippen LogP contribution in [0.4, 0.5) is 5.69 Å². The highest BCUT2D eigenvalue weighted by molar-refractivity contribution is 8.26. The van der Waals surface area contributed by atoms with Crippen molar-refractivity contribution in [1.29, 1.82) is 0 Å². The number of benzene rings is 1. The quantitative estimate of drug-likeness (QED) is 0.646. The number of carbonyl (C=O) groups is 2. The second-order valence-electron chi connectivity index (χ2n) is 5.68. The van der Waals surface area contributed by atoms with Crippen molar-refractivity contribution in [2.45, 2.75) is 0 Å². The number of amides is 2. The lowest BCUT2D eigenvalue weighted by Crippen LogP contribution is -2.44. The third kappa shape index (κ3) is 3.92. The predicted molar refractivity (Wildman–Crippen MR) is 107 cm³/mol. The molecule has 1 aliphatic heterocycles. The summed E-state index contributed by atoms with van der Waals surface area (Å²) in [6.07, 6.45) is 4.78. The fourth-order valence-electron chi connectivity index (χ4n) is 2.25. The lowest BCUT2D eigenvalue weighted by Gasteiger charge is -2.15. The summed E-state index contributed by atoms with van der Waals surface area (Å²) in [6.45, 7) is 0. The second kappa shape index (κ2) is 7.67. The van der Waals surface area contributed by atoms with Crippen LogP contribution in [-0.2, 0) is 4.79 Å². The van der Waals surface area contributed by atoms with Gasteiger partial charge in [-0.3, -0.25) is 20.0 Å². The monoisotopic (exact) mass is 384 g/mol. The Kier molecular flexibility index (Phi) is 5.34. The molecule has 26 heavy (non-hydrogen) atoms. The molecule has 132 valence electrons. The first-order valence-corrected chi connectivity index (χ1v) is 8.94. The van der Waals surface area contributed by atoms with Crippen LogP contribution in [-0.4, -0.2) is 40.2 Å². The van der Waals surface area contributed by atoms with Gasteiger partial charge in [-0.2, -0.15) is 5.01 Å². The van der Waals surface area contributed by atoms with E-state index in [1.54, 1.807) is 18.2 Å². The second-order valence-corrected chi connectivity index (χ2v) is 7.36. The molecule has 0 aliphatic carbocycles. The lowest BCUT2D eigenvalue weighted by molar-refractivity contribution is -0.123. The van der Waals surface area contributed by atoms with Crippen LogP contribution in [0.1, 0.15) is 15.9 Å². The molecule has 2 heterocycles. The van der Waals surface area contributed by atoms with Crippen LogP contribution in [0.3, 0.4) is 0 Å². The number of anilines is 1. The van der Waals surface area contributed by atoms with Gasteiger partial charge in [0, 0.05) is 37.7 Å². The molecule has 1 aliphatic rings. The Morgan fingerprint density at radius 1 is 1.19 bits per heavy atom. The third-order valence-electron chi connectivity index (χ3n) is 3.66. The Hall–Kier alpha value is -2.71. The minimum Gasteiger partial charge on any atom is -0.378 e. The zero-order valence-electron chi connectivity index (χ0n) is 14.2. The van der Waals surface area contributed by atoms with E-state index in [1.807, 2.05) is 43.3 Å². The number of carbonyl (C=O) groups excluding carboxylic acids is 2. The molecule has 1 saturated heterocycles. The summed E-state index contributed by atoms with van der Waals surface area (Å²) in [4.78, 5) is 31.1. The van der Waals surface area contributed by atoms with Crippen molar-refractivity contribution < 1.29 is 9.59 Å². The van der Waals surface area contributed by atoms with Gasteiger partial charge in [-0.15, -0.1) is 0 Å². The molecular weight excluding hydrogens is 368 g/mol. The summed E-state index contributed by atoms with van der Waals surface area (Å²) < 4.78 is 0.286. The molecule has 6 nitrogen and oxygen atoms in total. The largest absolute Gasteiger partial charge is 0.378 e. The van der Waals surface area contributed by atoms with E-state index in [0.29, 0.717) is 10.5 Å². The van der Waals surface area contributed by atoms with Gasteiger partial charge >= 0.3 is 0 Å². The van der Waals surface area contributed by atoms with Crippen LogP contribution >= 0.6 is 24.0 Å². The molecule has 1 N–H and O–H groups in total. The van der Waals surface area contributed by atoms with E-state index in [1.165, 1.54) is 12.4 Å². The maximum atomic E-state index is 12.6. The van der Waals surface area contributed by atoms with Crippen LogP contribution in [0.15, 0.2) is 53.7 Å². The number of thioether (sulfide) groups is 1. The highest BCUT2D eigenvalue weighted by Gasteiger charge is 2.33. The maximum absolute atomic E-state index is 12.6. The van der Waals surface area contributed by atoms with Gasteiger partial charge in [-0.05, 0) is 48.1 Å². The smallest absolute Gasteiger partial charge is 0.285 e. The zero-order chi connectivity index (χ0) is 18.7. The third-order valence-corrected chi connectivity index (χ3v) is 4.96. The number of rotatable bonds is 4. The van der Waals surface area contributed by atoms with E-state index in [-0.39, 0.29) is 10.2 Å². The van der Waals surface area contributed by atoms with Gasteiger partial charge in [0.1, 0.15) is 0 Å². The van der Waals surface area contributed by atoms with Crippen molar-refractivity contribution in [2.75, 3.05) is 19.0 Å². The number of hydrazine groups is 1. The standard InChI is InChI=1S/C18H16N4O2S2/c1-21(2)14-5-3-12(4-6-14)11-15-17(24)22(18(25)26-15)20-16(23)13-7-9-19-10-8-13/h3-11H,1-2H3,(H,20,23)/b15-11+. The molecule has 1 fully saturated rings. The number of hydrogen-bond acceptors (Lipinski definition) is 6. The molecule has 0 bridgehead atoms. The lowest BCUT2D eigenvalue weighted by atomic mass is 10.2. The summed E-state index contributed by atoms with van der Waals surface area (Å²) >= 11 is 6.38. The number of hydrogen-bond donors (Lipinski definition) is 1. The van der Waals surface area contributed by atoms with Crippen LogP contribution in [0.25, 0.3) is 6.08 Å². The highest BCUT2D eigenvalue weighted by Crippen LogP contribution is 2.31.